The number of aromatic nitrogens is 2. The third-order valence-electron chi connectivity index (χ3n) is 3.46. The summed E-state index contributed by atoms with van der Waals surface area (Å²) in [6.07, 6.45) is 3.03. The van der Waals surface area contributed by atoms with Crippen molar-refractivity contribution in [3.8, 4) is 0 Å². The molecular formula is C13H19N3O2. The molecule has 0 radical (unpaired) electrons. The van der Waals surface area contributed by atoms with E-state index in [-0.39, 0.29) is 11.9 Å². The van der Waals surface area contributed by atoms with Gasteiger partial charge < -0.3 is 10.1 Å². The van der Waals surface area contributed by atoms with Crippen molar-refractivity contribution >= 4 is 5.91 Å². The lowest BCUT2D eigenvalue weighted by molar-refractivity contribution is 0.0922. The largest absolute Gasteiger partial charge is 0.376 e. The van der Waals surface area contributed by atoms with Crippen molar-refractivity contribution in [2.75, 3.05) is 6.61 Å². The van der Waals surface area contributed by atoms with E-state index in [4.69, 9.17) is 4.74 Å². The number of nitrogens with one attached hydrogen (secondary N) is 1. The summed E-state index contributed by atoms with van der Waals surface area (Å²) < 4.78 is 7.44. The molecular weight excluding hydrogens is 230 g/mol. The van der Waals surface area contributed by atoms with Crippen molar-refractivity contribution in [2.24, 2.45) is 0 Å². The highest BCUT2D eigenvalue weighted by atomic mass is 16.5. The third-order valence-corrected chi connectivity index (χ3v) is 3.46. The van der Waals surface area contributed by atoms with Gasteiger partial charge in [-0.1, -0.05) is 0 Å². The summed E-state index contributed by atoms with van der Waals surface area (Å²) in [4.78, 5) is 12.2. The minimum absolute atomic E-state index is 0.0429. The first-order valence-corrected chi connectivity index (χ1v) is 6.65. The molecule has 1 N–H and O–H groups in total. The van der Waals surface area contributed by atoms with Gasteiger partial charge in [0.1, 0.15) is 0 Å². The number of ether oxygens (including phenoxy) is 1. The number of fused-ring (bicyclic) bond motifs is 1. The molecule has 1 aromatic rings. The molecule has 5 nitrogen and oxygen atoms in total. The molecule has 3 rings (SSSR count). The van der Waals surface area contributed by atoms with Crippen LogP contribution in [0.15, 0.2) is 0 Å². The first kappa shape index (κ1) is 11.7. The fourth-order valence-electron chi connectivity index (χ4n) is 2.35. The highest BCUT2D eigenvalue weighted by Gasteiger charge is 2.30. The van der Waals surface area contributed by atoms with Crippen LogP contribution < -0.4 is 5.32 Å². The van der Waals surface area contributed by atoms with Crippen LogP contribution in [-0.4, -0.2) is 28.3 Å². The highest BCUT2D eigenvalue weighted by Crippen LogP contribution is 2.25. The molecule has 0 spiro atoms. The second-order valence-corrected chi connectivity index (χ2v) is 5.36. The van der Waals surface area contributed by atoms with Gasteiger partial charge >= 0.3 is 0 Å². The van der Waals surface area contributed by atoms with E-state index in [1.165, 1.54) is 0 Å². The lowest BCUT2D eigenvalue weighted by atomic mass is 10.1. The molecule has 1 aliphatic carbocycles. The van der Waals surface area contributed by atoms with E-state index in [9.17, 15) is 4.79 Å². The minimum atomic E-state index is -0.0429. The van der Waals surface area contributed by atoms with Crippen LogP contribution in [0.25, 0.3) is 0 Å². The van der Waals surface area contributed by atoms with E-state index in [1.807, 2.05) is 4.68 Å². The van der Waals surface area contributed by atoms with Gasteiger partial charge in [-0.15, -0.1) is 0 Å². The molecule has 2 aliphatic rings. The number of carbonyl (C=O) groups excluding carboxylic acids is 1. The van der Waals surface area contributed by atoms with Gasteiger partial charge in [0.15, 0.2) is 5.69 Å². The summed E-state index contributed by atoms with van der Waals surface area (Å²) in [5, 5.41) is 7.50. The predicted octanol–water partition coefficient (Wildman–Crippen LogP) is 1.43. The highest BCUT2D eigenvalue weighted by molar-refractivity contribution is 5.94. The molecule has 0 atom stereocenters. The smallest absolute Gasteiger partial charge is 0.272 e. The number of nitrogens with zero attached hydrogens (tertiary/aromatic N) is 2. The van der Waals surface area contributed by atoms with Crippen molar-refractivity contribution in [3.05, 3.63) is 17.0 Å². The predicted molar refractivity (Wildman–Crippen MR) is 66.5 cm³/mol. The minimum Gasteiger partial charge on any atom is -0.376 e. The Kier molecular flexibility index (Phi) is 2.86. The molecule has 0 aromatic carbocycles. The Labute approximate surface area is 107 Å². The first-order valence-electron chi connectivity index (χ1n) is 6.65. The van der Waals surface area contributed by atoms with Crippen molar-refractivity contribution in [1.82, 2.24) is 15.1 Å². The summed E-state index contributed by atoms with van der Waals surface area (Å²) in [5.41, 5.74) is 2.70. The zero-order chi connectivity index (χ0) is 12.7. The quantitative estimate of drug-likeness (QED) is 0.881. The van der Waals surface area contributed by atoms with Gasteiger partial charge in [0.05, 0.1) is 13.2 Å². The SMILES string of the molecule is CC(C)n1nc(C(=O)NC2CC2)c2c1CCOC2. The monoisotopic (exact) mass is 249 g/mol. The molecule has 98 valence electrons. The Morgan fingerprint density at radius 1 is 1.50 bits per heavy atom. The van der Waals surface area contributed by atoms with Crippen LogP contribution in [0.3, 0.4) is 0 Å². The number of hydrogen-bond acceptors (Lipinski definition) is 3. The Balaban J connectivity index is 1.94. The standard InChI is InChI=1S/C13H19N3O2/c1-8(2)16-11-5-6-18-7-10(11)12(15-16)13(17)14-9-3-4-9/h8-9H,3-7H2,1-2H3,(H,14,17). The van der Waals surface area contributed by atoms with E-state index in [0.29, 0.717) is 18.3 Å². The Morgan fingerprint density at radius 3 is 2.94 bits per heavy atom. The van der Waals surface area contributed by atoms with Crippen molar-refractivity contribution < 1.29 is 9.53 Å². The van der Waals surface area contributed by atoms with Crippen LogP contribution in [0.5, 0.6) is 0 Å². The van der Waals surface area contributed by atoms with Crippen molar-refractivity contribution in [1.29, 1.82) is 0 Å². The molecule has 1 amide bonds. The summed E-state index contributed by atoms with van der Waals surface area (Å²) >= 11 is 0. The van der Waals surface area contributed by atoms with Gasteiger partial charge in [0, 0.05) is 29.8 Å². The molecule has 18 heavy (non-hydrogen) atoms. The van der Waals surface area contributed by atoms with E-state index < -0.39 is 0 Å². The van der Waals surface area contributed by atoms with Crippen LogP contribution in [0.2, 0.25) is 0 Å². The average Bonchev–Trinajstić information content (AvgIpc) is 3.07. The van der Waals surface area contributed by atoms with E-state index >= 15 is 0 Å². The number of amides is 1. The van der Waals surface area contributed by atoms with Crippen molar-refractivity contribution in [2.45, 2.75) is 51.8 Å². The zero-order valence-corrected chi connectivity index (χ0v) is 10.9. The summed E-state index contributed by atoms with van der Waals surface area (Å²) in [6, 6.07) is 0.640. The second kappa shape index (κ2) is 4.39. The molecule has 1 aromatic heterocycles. The molecule has 1 saturated carbocycles. The molecule has 5 heteroatoms. The normalized spacial score (nSPS) is 18.8. The van der Waals surface area contributed by atoms with Gasteiger partial charge in [-0.05, 0) is 26.7 Å². The van der Waals surface area contributed by atoms with Crippen LogP contribution in [0.1, 0.15) is 54.5 Å². The maximum Gasteiger partial charge on any atom is 0.272 e. The molecule has 0 saturated heterocycles. The number of carbonyl (C=O) groups is 1. The number of rotatable bonds is 3. The van der Waals surface area contributed by atoms with E-state index in [2.05, 4.69) is 24.3 Å². The van der Waals surface area contributed by atoms with Crippen LogP contribution in [0.4, 0.5) is 0 Å². The van der Waals surface area contributed by atoms with Gasteiger partial charge in [-0.3, -0.25) is 9.48 Å². The zero-order valence-electron chi connectivity index (χ0n) is 10.9. The second-order valence-electron chi connectivity index (χ2n) is 5.36. The summed E-state index contributed by atoms with van der Waals surface area (Å²) in [5.74, 6) is -0.0429. The third kappa shape index (κ3) is 2.03. The summed E-state index contributed by atoms with van der Waals surface area (Å²) in [7, 11) is 0. The van der Waals surface area contributed by atoms with Crippen molar-refractivity contribution in [3.63, 3.8) is 0 Å². The lowest BCUT2D eigenvalue weighted by Gasteiger charge is -2.16. The molecule has 1 aliphatic heterocycles. The topological polar surface area (TPSA) is 56.2 Å². The Bertz CT molecular complexity index is 475. The molecule has 0 unspecified atom stereocenters. The number of hydrogen-bond donors (Lipinski definition) is 1. The van der Waals surface area contributed by atoms with Gasteiger partial charge in [-0.25, -0.2) is 0 Å². The van der Waals surface area contributed by atoms with Crippen LogP contribution in [0, 0.1) is 0 Å². The van der Waals surface area contributed by atoms with Crippen LogP contribution >= 0.6 is 0 Å². The average molecular weight is 249 g/mol. The van der Waals surface area contributed by atoms with Gasteiger partial charge in [0.2, 0.25) is 0 Å². The van der Waals surface area contributed by atoms with Gasteiger partial charge in [-0.2, -0.15) is 5.10 Å². The lowest BCUT2D eigenvalue weighted by Crippen LogP contribution is -2.27. The Morgan fingerprint density at radius 2 is 2.28 bits per heavy atom. The fraction of sp³-hybridized carbons (Fsp3) is 0.692. The maximum atomic E-state index is 12.2. The fourth-order valence-corrected chi connectivity index (χ4v) is 2.35. The molecule has 0 bridgehead atoms. The Hall–Kier alpha value is -1.36. The van der Waals surface area contributed by atoms with Gasteiger partial charge in [0.25, 0.3) is 5.91 Å². The molecule has 1 fully saturated rings. The summed E-state index contributed by atoms with van der Waals surface area (Å²) in [6.45, 7) is 5.40. The first-order chi connectivity index (χ1) is 8.66. The molecule has 2 heterocycles. The van der Waals surface area contributed by atoms with Crippen LogP contribution in [-0.2, 0) is 17.8 Å². The maximum absolute atomic E-state index is 12.2. The van der Waals surface area contributed by atoms with E-state index in [0.717, 1.165) is 37.1 Å². The van der Waals surface area contributed by atoms with E-state index in [1.54, 1.807) is 0 Å².